The number of aromatic nitrogens is 2. The van der Waals surface area contributed by atoms with Crippen molar-refractivity contribution in [3.05, 3.63) is 71.2 Å². The lowest BCUT2D eigenvalue weighted by molar-refractivity contribution is 0.0948. The Morgan fingerprint density at radius 3 is 2.73 bits per heavy atom. The van der Waals surface area contributed by atoms with Crippen LogP contribution >= 0.6 is 0 Å². The fourth-order valence-electron chi connectivity index (χ4n) is 2.35. The topological polar surface area (TPSA) is 58.8 Å². The number of hydrogen-bond donors (Lipinski definition) is 1. The van der Waals surface area contributed by atoms with E-state index < -0.39 is 0 Å². The smallest absolute Gasteiger partial charge is 0.290 e. The number of imidazole rings is 1. The molecule has 1 aromatic carbocycles. The van der Waals surface area contributed by atoms with Crippen molar-refractivity contribution >= 4 is 17.8 Å². The van der Waals surface area contributed by atoms with Gasteiger partial charge in [0.1, 0.15) is 11.3 Å². The first-order valence-electron chi connectivity index (χ1n) is 6.99. The number of hydrogen-bond acceptors (Lipinski definition) is 3. The molecule has 2 aromatic heterocycles. The van der Waals surface area contributed by atoms with E-state index in [1.807, 2.05) is 62.5 Å². The first kappa shape index (κ1) is 14.0. The summed E-state index contributed by atoms with van der Waals surface area (Å²) in [6.07, 6.45) is 3.44. The summed E-state index contributed by atoms with van der Waals surface area (Å²) in [5.41, 5.74) is 6.48. The summed E-state index contributed by atoms with van der Waals surface area (Å²) in [7, 11) is 0. The van der Waals surface area contributed by atoms with Gasteiger partial charge in [0, 0.05) is 6.20 Å². The number of benzene rings is 1. The van der Waals surface area contributed by atoms with Crippen LogP contribution < -0.4 is 5.43 Å². The molecular weight excluding hydrogens is 276 g/mol. The molecule has 0 saturated carbocycles. The Bertz CT molecular complexity index is 850. The zero-order valence-electron chi connectivity index (χ0n) is 12.4. The van der Waals surface area contributed by atoms with E-state index in [4.69, 9.17) is 0 Å². The zero-order valence-corrected chi connectivity index (χ0v) is 12.4. The standard InChI is InChI=1S/C17H16N4O/c1-12-7-6-10-21-15(13(2)19-16(12)21)17(22)20-18-11-14-8-4-3-5-9-14/h3-11H,1-2H3,(H,20,22). The van der Waals surface area contributed by atoms with Crippen LogP contribution in [0.25, 0.3) is 5.65 Å². The quantitative estimate of drug-likeness (QED) is 0.596. The number of fused-ring (bicyclic) bond motifs is 1. The molecule has 0 saturated heterocycles. The molecule has 0 aliphatic carbocycles. The van der Waals surface area contributed by atoms with Gasteiger partial charge in [0.2, 0.25) is 0 Å². The molecular formula is C17H16N4O. The highest BCUT2D eigenvalue weighted by Crippen LogP contribution is 2.15. The van der Waals surface area contributed by atoms with E-state index >= 15 is 0 Å². The Morgan fingerprint density at radius 2 is 1.95 bits per heavy atom. The summed E-state index contributed by atoms with van der Waals surface area (Å²) in [4.78, 5) is 16.8. The lowest BCUT2D eigenvalue weighted by atomic mass is 10.2. The third kappa shape index (κ3) is 2.61. The summed E-state index contributed by atoms with van der Waals surface area (Å²) in [6.45, 7) is 3.79. The molecule has 5 heteroatoms. The first-order chi connectivity index (χ1) is 10.7. The van der Waals surface area contributed by atoms with Crippen LogP contribution in [0.2, 0.25) is 0 Å². The monoisotopic (exact) mass is 292 g/mol. The molecule has 1 N–H and O–H groups in total. The van der Waals surface area contributed by atoms with Crippen LogP contribution in [-0.4, -0.2) is 21.5 Å². The van der Waals surface area contributed by atoms with Crippen molar-refractivity contribution < 1.29 is 4.79 Å². The normalized spacial score (nSPS) is 11.2. The molecule has 0 bridgehead atoms. The number of carbonyl (C=O) groups is 1. The third-order valence-electron chi connectivity index (χ3n) is 3.41. The Balaban J connectivity index is 1.85. The largest absolute Gasteiger partial charge is 0.295 e. The Kier molecular flexibility index (Phi) is 3.70. The minimum Gasteiger partial charge on any atom is -0.295 e. The van der Waals surface area contributed by atoms with Crippen molar-refractivity contribution in [3.63, 3.8) is 0 Å². The Morgan fingerprint density at radius 1 is 1.18 bits per heavy atom. The molecule has 110 valence electrons. The van der Waals surface area contributed by atoms with Crippen LogP contribution in [0.1, 0.15) is 27.3 Å². The minimum absolute atomic E-state index is 0.275. The van der Waals surface area contributed by atoms with Gasteiger partial charge in [-0.2, -0.15) is 5.10 Å². The van der Waals surface area contributed by atoms with Gasteiger partial charge in [-0.25, -0.2) is 10.4 Å². The van der Waals surface area contributed by atoms with Gasteiger partial charge in [0.15, 0.2) is 0 Å². The fraction of sp³-hybridized carbons (Fsp3) is 0.118. The molecule has 1 amide bonds. The van der Waals surface area contributed by atoms with Crippen LogP contribution in [0, 0.1) is 13.8 Å². The van der Waals surface area contributed by atoms with E-state index in [0.717, 1.165) is 16.8 Å². The van der Waals surface area contributed by atoms with Gasteiger partial charge >= 0.3 is 0 Å². The molecule has 3 rings (SSSR count). The van der Waals surface area contributed by atoms with Gasteiger partial charge in [0.05, 0.1) is 11.9 Å². The number of amides is 1. The van der Waals surface area contributed by atoms with E-state index in [9.17, 15) is 4.79 Å². The summed E-state index contributed by atoms with van der Waals surface area (Å²) >= 11 is 0. The lowest BCUT2D eigenvalue weighted by Crippen LogP contribution is -2.20. The molecule has 0 unspecified atom stereocenters. The average Bonchev–Trinajstić information content (AvgIpc) is 2.86. The predicted molar refractivity (Wildman–Crippen MR) is 86.2 cm³/mol. The number of pyridine rings is 1. The molecule has 3 aromatic rings. The second-order valence-electron chi connectivity index (χ2n) is 5.04. The molecule has 0 spiro atoms. The summed E-state index contributed by atoms with van der Waals surface area (Å²) in [5, 5.41) is 4.00. The Labute approximate surface area is 128 Å². The molecule has 22 heavy (non-hydrogen) atoms. The maximum absolute atomic E-state index is 12.4. The second kappa shape index (κ2) is 5.81. The number of nitrogens with one attached hydrogen (secondary N) is 1. The SMILES string of the molecule is Cc1nc2c(C)cccn2c1C(=O)NN=Cc1ccccc1. The first-order valence-corrected chi connectivity index (χ1v) is 6.99. The van der Waals surface area contributed by atoms with E-state index in [1.165, 1.54) is 0 Å². The molecule has 0 radical (unpaired) electrons. The molecule has 2 heterocycles. The highest BCUT2D eigenvalue weighted by Gasteiger charge is 2.16. The molecule has 0 aliphatic heterocycles. The van der Waals surface area contributed by atoms with E-state index in [-0.39, 0.29) is 5.91 Å². The van der Waals surface area contributed by atoms with Gasteiger partial charge in [-0.15, -0.1) is 0 Å². The van der Waals surface area contributed by atoms with Crippen molar-refractivity contribution in [2.45, 2.75) is 13.8 Å². The highest BCUT2D eigenvalue weighted by atomic mass is 16.2. The van der Waals surface area contributed by atoms with Crippen molar-refractivity contribution in [2.75, 3.05) is 0 Å². The van der Waals surface area contributed by atoms with Crippen molar-refractivity contribution in [3.8, 4) is 0 Å². The molecule has 0 atom stereocenters. The number of carbonyl (C=O) groups excluding carboxylic acids is 1. The Hall–Kier alpha value is -2.95. The average molecular weight is 292 g/mol. The van der Waals surface area contributed by atoms with E-state index in [1.54, 1.807) is 10.6 Å². The molecule has 5 nitrogen and oxygen atoms in total. The summed E-state index contributed by atoms with van der Waals surface area (Å²) < 4.78 is 1.79. The maximum Gasteiger partial charge on any atom is 0.290 e. The minimum atomic E-state index is -0.275. The predicted octanol–water partition coefficient (Wildman–Crippen LogP) is 2.72. The number of aryl methyl sites for hydroxylation is 2. The lowest BCUT2D eigenvalue weighted by Gasteiger charge is -2.02. The zero-order chi connectivity index (χ0) is 15.5. The van der Waals surface area contributed by atoms with E-state index in [2.05, 4.69) is 15.5 Å². The van der Waals surface area contributed by atoms with Crippen LogP contribution in [0.5, 0.6) is 0 Å². The van der Waals surface area contributed by atoms with Crippen LogP contribution in [0.4, 0.5) is 0 Å². The van der Waals surface area contributed by atoms with Crippen LogP contribution in [0.3, 0.4) is 0 Å². The van der Waals surface area contributed by atoms with Crippen molar-refractivity contribution in [1.29, 1.82) is 0 Å². The third-order valence-corrected chi connectivity index (χ3v) is 3.41. The summed E-state index contributed by atoms with van der Waals surface area (Å²) in [5.74, 6) is -0.275. The number of hydrazone groups is 1. The van der Waals surface area contributed by atoms with Crippen molar-refractivity contribution in [2.24, 2.45) is 5.10 Å². The van der Waals surface area contributed by atoms with Crippen molar-refractivity contribution in [1.82, 2.24) is 14.8 Å². The van der Waals surface area contributed by atoms with Gasteiger partial charge in [-0.05, 0) is 31.0 Å². The number of rotatable bonds is 3. The maximum atomic E-state index is 12.4. The summed E-state index contributed by atoms with van der Waals surface area (Å²) in [6, 6.07) is 13.5. The fourth-order valence-corrected chi connectivity index (χ4v) is 2.35. The second-order valence-corrected chi connectivity index (χ2v) is 5.04. The van der Waals surface area contributed by atoms with Gasteiger partial charge in [-0.3, -0.25) is 9.20 Å². The van der Waals surface area contributed by atoms with Gasteiger partial charge < -0.3 is 0 Å². The van der Waals surface area contributed by atoms with E-state index in [0.29, 0.717) is 11.4 Å². The highest BCUT2D eigenvalue weighted by molar-refractivity contribution is 5.95. The van der Waals surface area contributed by atoms with Gasteiger partial charge in [0.25, 0.3) is 5.91 Å². The van der Waals surface area contributed by atoms with Crippen LogP contribution in [-0.2, 0) is 0 Å². The number of nitrogens with zero attached hydrogens (tertiary/aromatic N) is 3. The molecule has 0 fully saturated rings. The molecule has 0 aliphatic rings. The van der Waals surface area contributed by atoms with Crippen LogP contribution in [0.15, 0.2) is 53.8 Å². The van der Waals surface area contributed by atoms with Gasteiger partial charge in [-0.1, -0.05) is 36.4 Å².